The smallest absolute Gasteiger partial charge is 0.0674 e. The van der Waals surface area contributed by atoms with Crippen LogP contribution in [0.15, 0.2) is 24.3 Å². The Morgan fingerprint density at radius 1 is 0.786 bits per heavy atom. The van der Waals surface area contributed by atoms with Gasteiger partial charge in [-0.05, 0) is 24.0 Å². The van der Waals surface area contributed by atoms with E-state index in [9.17, 15) is 0 Å². The molecular formula is C10H8Br4. The van der Waals surface area contributed by atoms with Crippen molar-refractivity contribution in [3.05, 3.63) is 35.4 Å². The molecule has 1 aromatic rings. The Labute approximate surface area is 117 Å². The van der Waals surface area contributed by atoms with Gasteiger partial charge in [0.2, 0.25) is 0 Å². The zero-order valence-corrected chi connectivity index (χ0v) is 13.6. The van der Waals surface area contributed by atoms with Crippen LogP contribution in [-0.2, 0) is 6.47 Å². The molecule has 0 N–H and O–H groups in total. The van der Waals surface area contributed by atoms with Crippen LogP contribution in [0.3, 0.4) is 0 Å². The van der Waals surface area contributed by atoms with Crippen molar-refractivity contribution in [2.24, 2.45) is 0 Å². The summed E-state index contributed by atoms with van der Waals surface area (Å²) in [6.45, 7) is 0. The molecule has 2 rings (SSSR count). The fourth-order valence-electron chi connectivity index (χ4n) is 1.70. The second kappa shape index (κ2) is 3.86. The molecule has 0 radical (unpaired) electrons. The van der Waals surface area contributed by atoms with E-state index in [2.05, 4.69) is 88.0 Å². The third-order valence-electron chi connectivity index (χ3n) is 2.47. The molecule has 0 heterocycles. The minimum absolute atomic E-state index is 0.0678. The van der Waals surface area contributed by atoms with E-state index in [0.29, 0.717) is 0 Å². The van der Waals surface area contributed by atoms with Crippen molar-refractivity contribution in [2.45, 2.75) is 19.3 Å². The SMILES string of the molecule is BrC1(Br)CCC(Br)(Br)c2ccccc21. The second-order valence-corrected chi connectivity index (χ2v) is 11.0. The van der Waals surface area contributed by atoms with Crippen molar-refractivity contribution in [3.8, 4) is 0 Å². The number of hydrogen-bond donors (Lipinski definition) is 0. The van der Waals surface area contributed by atoms with Crippen molar-refractivity contribution in [1.29, 1.82) is 0 Å². The topological polar surface area (TPSA) is 0 Å². The standard InChI is InChI=1S/C10H8Br4/c11-9(12)5-6-10(13,14)8-4-2-1-3-7(8)9/h1-4H,5-6H2. The number of alkyl halides is 4. The van der Waals surface area contributed by atoms with Gasteiger partial charge in [0.15, 0.2) is 0 Å². The first-order valence-electron chi connectivity index (χ1n) is 4.29. The highest BCUT2D eigenvalue weighted by atomic mass is 79.9. The van der Waals surface area contributed by atoms with E-state index in [-0.39, 0.29) is 6.47 Å². The maximum atomic E-state index is 3.72. The normalized spacial score (nSPS) is 22.9. The largest absolute Gasteiger partial charge is 0.106 e. The molecule has 0 nitrogen and oxygen atoms in total. The molecule has 1 aliphatic carbocycles. The molecule has 1 aromatic carbocycles. The van der Waals surface area contributed by atoms with E-state index in [1.165, 1.54) is 11.1 Å². The molecule has 0 saturated heterocycles. The van der Waals surface area contributed by atoms with Crippen LogP contribution >= 0.6 is 63.7 Å². The van der Waals surface area contributed by atoms with Crippen molar-refractivity contribution in [2.75, 3.05) is 0 Å². The minimum Gasteiger partial charge on any atom is -0.0674 e. The zero-order chi connectivity index (χ0) is 10.4. The molecule has 0 aromatic heterocycles. The molecular weight excluding hydrogens is 440 g/mol. The third kappa shape index (κ3) is 2.00. The molecule has 0 unspecified atom stereocenters. The van der Waals surface area contributed by atoms with Crippen LogP contribution in [0.2, 0.25) is 0 Å². The van der Waals surface area contributed by atoms with Gasteiger partial charge in [-0.15, -0.1) is 0 Å². The zero-order valence-electron chi connectivity index (χ0n) is 7.24. The van der Waals surface area contributed by atoms with Crippen molar-refractivity contribution in [1.82, 2.24) is 0 Å². The average Bonchev–Trinajstić information content (AvgIpc) is 2.14. The molecule has 14 heavy (non-hydrogen) atoms. The first-order valence-corrected chi connectivity index (χ1v) is 7.46. The van der Waals surface area contributed by atoms with E-state index in [1.807, 2.05) is 0 Å². The average molecular weight is 448 g/mol. The molecule has 0 spiro atoms. The summed E-state index contributed by atoms with van der Waals surface area (Å²) in [6.07, 6.45) is 2.08. The molecule has 0 aliphatic heterocycles. The van der Waals surface area contributed by atoms with Crippen LogP contribution in [0.25, 0.3) is 0 Å². The van der Waals surface area contributed by atoms with E-state index in [1.54, 1.807) is 0 Å². The highest BCUT2D eigenvalue weighted by molar-refractivity contribution is 9.25. The maximum absolute atomic E-state index is 3.72. The number of halogens is 4. The molecule has 4 heteroatoms. The van der Waals surface area contributed by atoms with E-state index in [0.717, 1.165) is 12.8 Å². The fraction of sp³-hybridized carbons (Fsp3) is 0.400. The summed E-state index contributed by atoms with van der Waals surface area (Å²) < 4.78 is -0.136. The van der Waals surface area contributed by atoms with Gasteiger partial charge in [-0.1, -0.05) is 88.0 Å². The van der Waals surface area contributed by atoms with Crippen LogP contribution in [0, 0.1) is 0 Å². The van der Waals surface area contributed by atoms with Gasteiger partial charge < -0.3 is 0 Å². The van der Waals surface area contributed by atoms with Crippen LogP contribution in [0.4, 0.5) is 0 Å². The molecule has 0 fully saturated rings. The van der Waals surface area contributed by atoms with Gasteiger partial charge in [0.1, 0.15) is 6.47 Å². The van der Waals surface area contributed by atoms with E-state index in [4.69, 9.17) is 0 Å². The Balaban J connectivity index is 2.61. The van der Waals surface area contributed by atoms with Crippen LogP contribution in [0.5, 0.6) is 0 Å². The predicted molar refractivity (Wildman–Crippen MR) is 74.7 cm³/mol. The Bertz CT molecular complexity index is 322. The van der Waals surface area contributed by atoms with Crippen LogP contribution < -0.4 is 0 Å². The lowest BCUT2D eigenvalue weighted by Crippen LogP contribution is -2.26. The molecule has 0 bridgehead atoms. The summed E-state index contributed by atoms with van der Waals surface area (Å²) in [6, 6.07) is 8.43. The fourth-order valence-corrected chi connectivity index (χ4v) is 3.88. The number of hydrogen-bond acceptors (Lipinski definition) is 0. The molecule has 0 atom stereocenters. The van der Waals surface area contributed by atoms with Crippen molar-refractivity contribution in [3.63, 3.8) is 0 Å². The Morgan fingerprint density at radius 3 is 1.50 bits per heavy atom. The maximum Gasteiger partial charge on any atom is 0.106 e. The van der Waals surface area contributed by atoms with Gasteiger partial charge >= 0.3 is 0 Å². The lowest BCUT2D eigenvalue weighted by atomic mass is 9.91. The highest BCUT2D eigenvalue weighted by Crippen LogP contribution is 2.57. The summed E-state index contributed by atoms with van der Waals surface area (Å²) in [7, 11) is 0. The summed E-state index contributed by atoms with van der Waals surface area (Å²) in [5, 5.41) is 0. The number of benzene rings is 1. The number of rotatable bonds is 0. The molecule has 1 aliphatic rings. The van der Waals surface area contributed by atoms with Crippen LogP contribution in [-0.4, -0.2) is 0 Å². The highest BCUT2D eigenvalue weighted by Gasteiger charge is 2.41. The van der Waals surface area contributed by atoms with Crippen LogP contribution in [0.1, 0.15) is 24.0 Å². The predicted octanol–water partition coefficient (Wildman–Crippen LogP) is 5.37. The number of fused-ring (bicyclic) bond motifs is 1. The molecule has 76 valence electrons. The van der Waals surface area contributed by atoms with Gasteiger partial charge in [0.25, 0.3) is 0 Å². The quantitative estimate of drug-likeness (QED) is 0.469. The van der Waals surface area contributed by atoms with Crippen molar-refractivity contribution >= 4 is 63.7 Å². The van der Waals surface area contributed by atoms with E-state index >= 15 is 0 Å². The van der Waals surface area contributed by atoms with Crippen molar-refractivity contribution < 1.29 is 0 Å². The van der Waals surface area contributed by atoms with Gasteiger partial charge in [0, 0.05) is 0 Å². The lowest BCUT2D eigenvalue weighted by Gasteiger charge is -2.36. The Kier molecular flexibility index (Phi) is 3.21. The van der Waals surface area contributed by atoms with Gasteiger partial charge in [-0.2, -0.15) is 0 Å². The van der Waals surface area contributed by atoms with E-state index < -0.39 is 0 Å². The first-order chi connectivity index (χ1) is 6.43. The summed E-state index contributed by atoms with van der Waals surface area (Å²) in [5.41, 5.74) is 2.58. The summed E-state index contributed by atoms with van der Waals surface area (Å²) >= 11 is 14.9. The Morgan fingerprint density at radius 2 is 1.14 bits per heavy atom. The monoisotopic (exact) mass is 444 g/mol. The molecule has 0 amide bonds. The first kappa shape index (κ1) is 11.6. The third-order valence-corrected chi connectivity index (χ3v) is 5.76. The molecule has 0 saturated carbocycles. The van der Waals surface area contributed by atoms with Gasteiger partial charge in [-0.25, -0.2) is 0 Å². The summed E-state index contributed by atoms with van der Waals surface area (Å²) in [4.78, 5) is 0. The summed E-state index contributed by atoms with van der Waals surface area (Å²) in [5.74, 6) is 0. The van der Waals surface area contributed by atoms with Gasteiger partial charge in [0.05, 0.1) is 0 Å². The Hall–Kier alpha value is 1.14. The minimum atomic E-state index is -0.0678. The van der Waals surface area contributed by atoms with Gasteiger partial charge in [-0.3, -0.25) is 0 Å². The second-order valence-electron chi connectivity index (χ2n) is 3.45. The lowest BCUT2D eigenvalue weighted by molar-refractivity contribution is 0.630.